The van der Waals surface area contributed by atoms with E-state index in [2.05, 4.69) is 21.2 Å². The molecule has 3 rings (SSSR count). The molecule has 9 nitrogen and oxygen atoms in total. The topological polar surface area (TPSA) is 119 Å². The first-order chi connectivity index (χ1) is 14.7. The van der Waals surface area contributed by atoms with Crippen LogP contribution in [-0.4, -0.2) is 40.5 Å². The van der Waals surface area contributed by atoms with Crippen LogP contribution in [0.1, 0.15) is 5.56 Å². The maximum Gasteiger partial charge on any atom is 0.294 e. The van der Waals surface area contributed by atoms with Crippen LogP contribution in [0.5, 0.6) is 5.75 Å². The van der Waals surface area contributed by atoms with Crippen molar-refractivity contribution in [3.63, 3.8) is 0 Å². The van der Waals surface area contributed by atoms with Crippen molar-refractivity contribution in [2.75, 3.05) is 19.0 Å². The normalized spacial score (nSPS) is 14.8. The summed E-state index contributed by atoms with van der Waals surface area (Å²) in [6, 6.07) is 8.92. The third-order valence-electron chi connectivity index (χ3n) is 4.08. The molecule has 0 bridgehead atoms. The van der Waals surface area contributed by atoms with E-state index in [1.807, 2.05) is 0 Å². The molecule has 1 aliphatic rings. The molecular formula is C19H13BrClN3O6S. The van der Waals surface area contributed by atoms with Gasteiger partial charge in [-0.1, -0.05) is 17.7 Å². The van der Waals surface area contributed by atoms with E-state index in [9.17, 15) is 24.5 Å². The van der Waals surface area contributed by atoms with Crippen LogP contribution in [0.2, 0.25) is 5.02 Å². The second kappa shape index (κ2) is 9.50. The number of carbonyl (C=O) groups is 3. The average Bonchev–Trinajstić information content (AvgIpc) is 2.96. The molecule has 160 valence electrons. The fourth-order valence-corrected chi connectivity index (χ4v) is 4.12. The van der Waals surface area contributed by atoms with Gasteiger partial charge in [-0.3, -0.25) is 29.4 Å². The number of nitro benzene ring substituents is 1. The molecule has 0 saturated carbocycles. The van der Waals surface area contributed by atoms with Crippen LogP contribution in [0.3, 0.4) is 0 Å². The number of methoxy groups -OCH3 is 1. The molecule has 2 aromatic carbocycles. The number of hydrogen-bond acceptors (Lipinski definition) is 7. The molecule has 0 atom stereocenters. The molecule has 2 aromatic rings. The molecular weight excluding hydrogens is 514 g/mol. The monoisotopic (exact) mass is 525 g/mol. The summed E-state index contributed by atoms with van der Waals surface area (Å²) >= 11 is 9.75. The highest BCUT2D eigenvalue weighted by molar-refractivity contribution is 9.10. The van der Waals surface area contributed by atoms with Crippen molar-refractivity contribution in [3.8, 4) is 5.75 Å². The van der Waals surface area contributed by atoms with Gasteiger partial charge in [-0.2, -0.15) is 0 Å². The Morgan fingerprint density at radius 1 is 1.32 bits per heavy atom. The SMILES string of the molecule is COc1ccc(NC(=O)CN2C(=O)S/C(=C\c3ccc(Br)c([N+](=O)[O-])c3)C2=O)cc1Cl. The third kappa shape index (κ3) is 5.24. The maximum atomic E-state index is 12.6. The Kier molecular flexibility index (Phi) is 6.98. The van der Waals surface area contributed by atoms with E-state index in [1.54, 1.807) is 18.2 Å². The van der Waals surface area contributed by atoms with Gasteiger partial charge >= 0.3 is 0 Å². The Bertz CT molecular complexity index is 1140. The lowest BCUT2D eigenvalue weighted by molar-refractivity contribution is -0.385. The van der Waals surface area contributed by atoms with Crippen molar-refractivity contribution in [2.45, 2.75) is 0 Å². The molecule has 0 radical (unpaired) electrons. The zero-order valence-corrected chi connectivity index (χ0v) is 18.9. The molecule has 1 fully saturated rings. The third-order valence-corrected chi connectivity index (χ3v) is 5.95. The Hall–Kier alpha value is -2.89. The van der Waals surface area contributed by atoms with Crippen LogP contribution in [0.15, 0.2) is 45.8 Å². The number of imide groups is 1. The van der Waals surface area contributed by atoms with Gasteiger partial charge in [0.15, 0.2) is 0 Å². The number of amides is 3. The standard InChI is InChI=1S/C19H13BrClN3O6S/c1-30-15-5-3-11(8-13(15)21)22-17(25)9-23-18(26)16(31-19(23)27)7-10-2-4-12(20)14(6-10)24(28)29/h2-8H,9H2,1H3,(H,22,25)/b16-7-. The fraction of sp³-hybridized carbons (Fsp3) is 0.105. The molecule has 0 aromatic heterocycles. The van der Waals surface area contributed by atoms with E-state index in [1.165, 1.54) is 31.4 Å². The molecule has 0 unspecified atom stereocenters. The van der Waals surface area contributed by atoms with Crippen LogP contribution in [0, 0.1) is 10.1 Å². The van der Waals surface area contributed by atoms with Crippen molar-refractivity contribution in [1.29, 1.82) is 0 Å². The van der Waals surface area contributed by atoms with Crippen molar-refractivity contribution in [1.82, 2.24) is 4.90 Å². The number of nitro groups is 1. The van der Waals surface area contributed by atoms with Crippen LogP contribution in [-0.2, 0) is 9.59 Å². The Labute approximate surface area is 193 Å². The molecule has 0 spiro atoms. The van der Waals surface area contributed by atoms with Gasteiger partial charge < -0.3 is 10.1 Å². The number of anilines is 1. The first-order valence-electron chi connectivity index (χ1n) is 8.52. The quantitative estimate of drug-likeness (QED) is 0.329. The smallest absolute Gasteiger partial charge is 0.294 e. The predicted octanol–water partition coefficient (Wildman–Crippen LogP) is 4.69. The lowest BCUT2D eigenvalue weighted by atomic mass is 10.2. The summed E-state index contributed by atoms with van der Waals surface area (Å²) in [5.74, 6) is -0.823. The number of benzene rings is 2. The minimum atomic E-state index is -0.663. The van der Waals surface area contributed by atoms with Gasteiger partial charge in [0.05, 0.1) is 26.4 Å². The van der Waals surface area contributed by atoms with Crippen LogP contribution >= 0.6 is 39.3 Å². The summed E-state index contributed by atoms with van der Waals surface area (Å²) in [4.78, 5) is 48.5. The summed E-state index contributed by atoms with van der Waals surface area (Å²) in [6.07, 6.45) is 1.37. The van der Waals surface area contributed by atoms with E-state index in [4.69, 9.17) is 16.3 Å². The molecule has 3 amide bonds. The minimum absolute atomic E-state index is 0.0573. The number of hydrogen-bond donors (Lipinski definition) is 1. The maximum absolute atomic E-state index is 12.6. The molecule has 31 heavy (non-hydrogen) atoms. The van der Waals surface area contributed by atoms with E-state index in [-0.39, 0.29) is 20.1 Å². The van der Waals surface area contributed by atoms with Gasteiger partial charge in [0.2, 0.25) is 5.91 Å². The van der Waals surface area contributed by atoms with Gasteiger partial charge in [0.25, 0.3) is 16.8 Å². The van der Waals surface area contributed by atoms with Gasteiger partial charge in [0.1, 0.15) is 12.3 Å². The molecule has 1 aliphatic heterocycles. The zero-order chi connectivity index (χ0) is 22.7. The fourth-order valence-electron chi connectivity index (χ4n) is 2.64. The van der Waals surface area contributed by atoms with Gasteiger partial charge in [-0.05, 0) is 63.6 Å². The number of carbonyl (C=O) groups excluding carboxylic acids is 3. The first-order valence-corrected chi connectivity index (χ1v) is 10.5. The second-order valence-electron chi connectivity index (χ2n) is 6.13. The van der Waals surface area contributed by atoms with Crippen molar-refractivity contribution < 1.29 is 24.0 Å². The summed E-state index contributed by atoms with van der Waals surface area (Å²) < 4.78 is 5.33. The number of halogens is 2. The highest BCUT2D eigenvalue weighted by Crippen LogP contribution is 2.34. The molecule has 1 N–H and O–H groups in total. The van der Waals surface area contributed by atoms with E-state index >= 15 is 0 Å². The summed E-state index contributed by atoms with van der Waals surface area (Å²) in [7, 11) is 1.46. The summed E-state index contributed by atoms with van der Waals surface area (Å²) in [5.41, 5.74) is 0.573. The predicted molar refractivity (Wildman–Crippen MR) is 120 cm³/mol. The molecule has 1 heterocycles. The summed E-state index contributed by atoms with van der Waals surface area (Å²) in [5, 5.41) is 13.3. The highest BCUT2D eigenvalue weighted by atomic mass is 79.9. The van der Waals surface area contributed by atoms with E-state index in [0.29, 0.717) is 28.8 Å². The molecule has 0 aliphatic carbocycles. The Morgan fingerprint density at radius 2 is 2.06 bits per heavy atom. The Balaban J connectivity index is 1.72. The summed E-state index contributed by atoms with van der Waals surface area (Å²) in [6.45, 7) is -0.494. The van der Waals surface area contributed by atoms with Crippen molar-refractivity contribution in [2.24, 2.45) is 0 Å². The van der Waals surface area contributed by atoms with E-state index < -0.39 is 28.5 Å². The van der Waals surface area contributed by atoms with Gasteiger partial charge in [0, 0.05) is 11.8 Å². The molecule has 1 saturated heterocycles. The number of nitrogens with zero attached hydrogens (tertiary/aromatic N) is 2. The lowest BCUT2D eigenvalue weighted by Crippen LogP contribution is -2.36. The lowest BCUT2D eigenvalue weighted by Gasteiger charge is -2.13. The zero-order valence-electron chi connectivity index (χ0n) is 15.8. The number of ether oxygens (including phenoxy) is 1. The number of thioether (sulfide) groups is 1. The van der Waals surface area contributed by atoms with E-state index in [0.717, 1.165) is 4.90 Å². The van der Waals surface area contributed by atoms with Crippen LogP contribution < -0.4 is 10.1 Å². The van der Waals surface area contributed by atoms with Crippen LogP contribution in [0.4, 0.5) is 16.2 Å². The van der Waals surface area contributed by atoms with Crippen LogP contribution in [0.25, 0.3) is 6.08 Å². The highest BCUT2D eigenvalue weighted by Gasteiger charge is 2.36. The number of nitrogens with one attached hydrogen (secondary N) is 1. The second-order valence-corrected chi connectivity index (χ2v) is 8.39. The first kappa shape index (κ1) is 22.8. The average molecular weight is 527 g/mol. The molecule has 12 heteroatoms. The van der Waals surface area contributed by atoms with Crippen molar-refractivity contribution in [3.05, 3.63) is 66.5 Å². The largest absolute Gasteiger partial charge is 0.495 e. The number of rotatable bonds is 6. The van der Waals surface area contributed by atoms with Crippen molar-refractivity contribution >= 4 is 73.8 Å². The minimum Gasteiger partial charge on any atom is -0.495 e. The van der Waals surface area contributed by atoms with Gasteiger partial charge in [-0.15, -0.1) is 0 Å². The van der Waals surface area contributed by atoms with Gasteiger partial charge in [-0.25, -0.2) is 0 Å². The Morgan fingerprint density at radius 3 is 2.71 bits per heavy atom.